The Labute approximate surface area is 132 Å². The van der Waals surface area contributed by atoms with Crippen molar-refractivity contribution >= 4 is 27.8 Å². The Bertz CT molecular complexity index is 559. The van der Waals surface area contributed by atoms with Crippen LogP contribution in [0.1, 0.15) is 25.3 Å². The molecule has 1 atom stereocenters. The van der Waals surface area contributed by atoms with E-state index >= 15 is 0 Å². The van der Waals surface area contributed by atoms with Gasteiger partial charge in [-0.25, -0.2) is 0 Å². The number of carbonyl (C=O) groups is 2. The molecule has 1 aromatic rings. The summed E-state index contributed by atoms with van der Waals surface area (Å²) in [5, 5.41) is 9.00. The molecule has 0 saturated heterocycles. The van der Waals surface area contributed by atoms with E-state index in [1.54, 1.807) is 0 Å². The van der Waals surface area contributed by atoms with Crippen LogP contribution in [0, 0.1) is 5.92 Å². The molecular weight excluding hydrogens is 338 g/mol. The Morgan fingerprint density at radius 3 is 2.81 bits per heavy atom. The van der Waals surface area contributed by atoms with Crippen molar-refractivity contribution in [1.82, 2.24) is 4.90 Å². The number of carbonyl (C=O) groups excluding carboxylic acids is 1. The Hall–Kier alpha value is -1.56. The molecular formula is C15H18BrNO4. The highest BCUT2D eigenvalue weighted by molar-refractivity contribution is 9.10. The fraction of sp³-hybridized carbons (Fsp3) is 0.467. The summed E-state index contributed by atoms with van der Waals surface area (Å²) in [5.74, 6) is -0.732. The highest BCUT2D eigenvalue weighted by atomic mass is 79.9. The lowest BCUT2D eigenvalue weighted by atomic mass is 9.99. The molecule has 1 aromatic carbocycles. The minimum absolute atomic E-state index is 0.192. The van der Waals surface area contributed by atoms with Crippen LogP contribution < -0.4 is 4.74 Å². The number of hydrogen-bond acceptors (Lipinski definition) is 3. The van der Waals surface area contributed by atoms with Crippen molar-refractivity contribution in [2.24, 2.45) is 5.92 Å². The summed E-state index contributed by atoms with van der Waals surface area (Å²) in [6.45, 7) is 4.32. The summed E-state index contributed by atoms with van der Waals surface area (Å²) < 4.78 is 6.40. The van der Waals surface area contributed by atoms with E-state index in [9.17, 15) is 9.59 Å². The highest BCUT2D eigenvalue weighted by Gasteiger charge is 2.34. The molecule has 5 nitrogen and oxygen atoms in total. The topological polar surface area (TPSA) is 66.8 Å². The molecule has 0 bridgehead atoms. The van der Waals surface area contributed by atoms with Gasteiger partial charge in [-0.05, 0) is 24.1 Å². The van der Waals surface area contributed by atoms with Crippen LogP contribution in [0.2, 0.25) is 0 Å². The van der Waals surface area contributed by atoms with Crippen molar-refractivity contribution in [1.29, 1.82) is 0 Å². The quantitative estimate of drug-likeness (QED) is 0.880. The van der Waals surface area contributed by atoms with Crippen LogP contribution in [0.4, 0.5) is 0 Å². The largest absolute Gasteiger partial charge is 0.492 e. The number of aliphatic carboxylic acids is 1. The van der Waals surface area contributed by atoms with E-state index < -0.39 is 11.9 Å². The number of carboxylic acid groups (broad SMARTS) is 1. The van der Waals surface area contributed by atoms with Gasteiger partial charge < -0.3 is 14.7 Å². The number of rotatable bonds is 5. The molecule has 1 N–H and O–H groups in total. The maximum atomic E-state index is 12.7. The zero-order chi connectivity index (χ0) is 15.6. The van der Waals surface area contributed by atoms with Crippen LogP contribution in [0.25, 0.3) is 0 Å². The number of ether oxygens (including phenoxy) is 1. The molecule has 1 amide bonds. The van der Waals surface area contributed by atoms with Crippen molar-refractivity contribution in [3.63, 3.8) is 0 Å². The van der Waals surface area contributed by atoms with Gasteiger partial charge in [0.1, 0.15) is 24.8 Å². The van der Waals surface area contributed by atoms with Gasteiger partial charge in [0.2, 0.25) is 5.91 Å². The second-order valence-electron chi connectivity index (χ2n) is 5.55. The lowest BCUT2D eigenvalue weighted by Gasteiger charge is -2.25. The average molecular weight is 356 g/mol. The SMILES string of the molecule is CC(C)CN(CC(=O)O)C(=O)C1COc2ccc(Br)cc21. The number of fused-ring (bicyclic) bond motifs is 1. The van der Waals surface area contributed by atoms with Crippen LogP contribution in [-0.4, -0.2) is 41.6 Å². The molecule has 0 aliphatic carbocycles. The van der Waals surface area contributed by atoms with E-state index in [-0.39, 0.29) is 25.0 Å². The van der Waals surface area contributed by atoms with Gasteiger partial charge in [-0.3, -0.25) is 9.59 Å². The van der Waals surface area contributed by atoms with Gasteiger partial charge in [-0.1, -0.05) is 29.8 Å². The zero-order valence-corrected chi connectivity index (χ0v) is 13.6. The van der Waals surface area contributed by atoms with Crippen LogP contribution >= 0.6 is 15.9 Å². The Kier molecular flexibility index (Phi) is 4.88. The normalized spacial score (nSPS) is 16.5. The van der Waals surface area contributed by atoms with Crippen molar-refractivity contribution in [3.05, 3.63) is 28.2 Å². The molecule has 0 radical (unpaired) electrons. The fourth-order valence-electron chi connectivity index (χ4n) is 2.45. The molecule has 2 rings (SSSR count). The van der Waals surface area contributed by atoms with E-state index in [4.69, 9.17) is 9.84 Å². The standard InChI is InChI=1S/C15H18BrNO4/c1-9(2)6-17(7-14(18)19)15(20)12-8-21-13-4-3-10(16)5-11(12)13/h3-5,9,12H,6-8H2,1-2H3,(H,18,19). The molecule has 114 valence electrons. The summed E-state index contributed by atoms with van der Waals surface area (Å²) in [6, 6.07) is 5.53. The molecule has 1 aliphatic rings. The molecule has 1 heterocycles. The summed E-state index contributed by atoms with van der Waals surface area (Å²) in [7, 11) is 0. The summed E-state index contributed by atoms with van der Waals surface area (Å²) in [4.78, 5) is 25.0. The van der Waals surface area contributed by atoms with Gasteiger partial charge in [0, 0.05) is 16.6 Å². The first-order valence-corrected chi connectivity index (χ1v) is 7.60. The van der Waals surface area contributed by atoms with Crippen molar-refractivity contribution in [3.8, 4) is 5.75 Å². The number of halogens is 1. The minimum atomic E-state index is -1.00. The lowest BCUT2D eigenvalue weighted by Crippen LogP contribution is -2.41. The van der Waals surface area contributed by atoms with E-state index in [0.29, 0.717) is 12.3 Å². The van der Waals surface area contributed by atoms with Gasteiger partial charge in [0.05, 0.1) is 0 Å². The van der Waals surface area contributed by atoms with E-state index in [0.717, 1.165) is 10.0 Å². The average Bonchev–Trinajstić information content (AvgIpc) is 2.78. The summed E-state index contributed by atoms with van der Waals surface area (Å²) in [6.07, 6.45) is 0. The third-order valence-corrected chi connectivity index (χ3v) is 3.77. The Balaban J connectivity index is 2.22. The Morgan fingerprint density at radius 1 is 1.48 bits per heavy atom. The predicted molar refractivity (Wildman–Crippen MR) is 81.4 cm³/mol. The third kappa shape index (κ3) is 3.75. The van der Waals surface area contributed by atoms with Gasteiger partial charge in [0.15, 0.2) is 0 Å². The maximum absolute atomic E-state index is 12.7. The minimum Gasteiger partial charge on any atom is -0.492 e. The highest BCUT2D eigenvalue weighted by Crippen LogP contribution is 2.36. The van der Waals surface area contributed by atoms with Gasteiger partial charge in [-0.2, -0.15) is 0 Å². The number of nitrogens with zero attached hydrogens (tertiary/aromatic N) is 1. The van der Waals surface area contributed by atoms with Crippen LogP contribution in [-0.2, 0) is 9.59 Å². The molecule has 21 heavy (non-hydrogen) atoms. The van der Waals surface area contributed by atoms with Gasteiger partial charge in [-0.15, -0.1) is 0 Å². The first-order chi connectivity index (χ1) is 9.88. The maximum Gasteiger partial charge on any atom is 0.323 e. The van der Waals surface area contributed by atoms with E-state index in [1.807, 2.05) is 32.0 Å². The monoisotopic (exact) mass is 355 g/mol. The second-order valence-corrected chi connectivity index (χ2v) is 6.47. The van der Waals surface area contributed by atoms with Crippen LogP contribution in [0.5, 0.6) is 5.75 Å². The van der Waals surface area contributed by atoms with Crippen LogP contribution in [0.15, 0.2) is 22.7 Å². The smallest absolute Gasteiger partial charge is 0.323 e. The van der Waals surface area contributed by atoms with Crippen molar-refractivity contribution < 1.29 is 19.4 Å². The number of carboxylic acids is 1. The summed E-state index contributed by atoms with van der Waals surface area (Å²) >= 11 is 3.38. The molecule has 1 aliphatic heterocycles. The van der Waals surface area contributed by atoms with E-state index in [2.05, 4.69) is 15.9 Å². The predicted octanol–water partition coefficient (Wildman–Crippen LogP) is 2.49. The molecule has 0 fully saturated rings. The molecule has 0 saturated carbocycles. The number of hydrogen-bond donors (Lipinski definition) is 1. The first-order valence-electron chi connectivity index (χ1n) is 6.81. The second kappa shape index (κ2) is 6.47. The molecule has 1 unspecified atom stereocenters. The number of benzene rings is 1. The molecule has 6 heteroatoms. The zero-order valence-electron chi connectivity index (χ0n) is 12.0. The first kappa shape index (κ1) is 15.8. The molecule has 0 spiro atoms. The fourth-order valence-corrected chi connectivity index (χ4v) is 2.83. The Morgan fingerprint density at radius 2 is 2.19 bits per heavy atom. The van der Waals surface area contributed by atoms with Gasteiger partial charge in [0.25, 0.3) is 0 Å². The van der Waals surface area contributed by atoms with Crippen molar-refractivity contribution in [2.75, 3.05) is 19.7 Å². The summed E-state index contributed by atoms with van der Waals surface area (Å²) in [5.41, 5.74) is 0.813. The van der Waals surface area contributed by atoms with E-state index in [1.165, 1.54) is 4.90 Å². The van der Waals surface area contributed by atoms with Crippen molar-refractivity contribution in [2.45, 2.75) is 19.8 Å². The van der Waals surface area contributed by atoms with Crippen LogP contribution in [0.3, 0.4) is 0 Å². The number of amides is 1. The lowest BCUT2D eigenvalue weighted by molar-refractivity contribution is -0.145. The third-order valence-electron chi connectivity index (χ3n) is 3.27. The molecule has 0 aromatic heterocycles. The van der Waals surface area contributed by atoms with Gasteiger partial charge >= 0.3 is 5.97 Å².